The van der Waals surface area contributed by atoms with E-state index in [2.05, 4.69) is 10.0 Å². The third kappa shape index (κ3) is 5.98. The maximum atomic E-state index is 12.3. The molecule has 0 heterocycles. The second kappa shape index (κ2) is 9.07. The summed E-state index contributed by atoms with van der Waals surface area (Å²) in [6.07, 6.45) is 0. The average Bonchev–Trinajstić information content (AvgIpc) is 2.49. The highest BCUT2D eigenvalue weighted by Crippen LogP contribution is 2.27. The number of carbonyl (C=O) groups is 1. The largest absolute Gasteiger partial charge is 0.492 e. The molecule has 0 aliphatic rings. The quantitative estimate of drug-likeness (QED) is 0.641. The minimum atomic E-state index is -3.87. The molecule has 0 saturated carbocycles. The molecule has 0 saturated heterocycles. The second-order valence-electron chi connectivity index (χ2n) is 4.65. The number of rotatable bonds is 9. The zero-order valence-corrected chi connectivity index (χ0v) is 14.8. The third-order valence-corrected chi connectivity index (χ3v) is 4.68. The number of carbonyl (C=O) groups excluding carboxylic acids is 1. The zero-order valence-electron chi connectivity index (χ0n) is 13.3. The molecule has 0 spiro atoms. The van der Waals surface area contributed by atoms with Gasteiger partial charge in [-0.15, -0.1) is 0 Å². The van der Waals surface area contributed by atoms with Crippen LogP contribution in [0.4, 0.5) is 0 Å². The maximum Gasteiger partial charge on any atom is 0.241 e. The van der Waals surface area contributed by atoms with Gasteiger partial charge in [-0.25, -0.2) is 8.42 Å². The molecule has 23 heavy (non-hydrogen) atoms. The van der Waals surface area contributed by atoms with Crippen LogP contribution in [-0.2, 0) is 19.6 Å². The van der Waals surface area contributed by atoms with Crippen LogP contribution >= 0.6 is 11.6 Å². The van der Waals surface area contributed by atoms with Crippen molar-refractivity contribution in [2.75, 3.05) is 26.9 Å². The number of hydrogen-bond donors (Lipinski definition) is 2. The van der Waals surface area contributed by atoms with Crippen LogP contribution in [0.15, 0.2) is 23.1 Å². The molecule has 1 aromatic rings. The Morgan fingerprint density at radius 2 is 2.09 bits per heavy atom. The van der Waals surface area contributed by atoms with Gasteiger partial charge in [0.1, 0.15) is 5.75 Å². The Balaban J connectivity index is 2.78. The van der Waals surface area contributed by atoms with Crippen molar-refractivity contribution in [2.45, 2.75) is 24.8 Å². The Morgan fingerprint density at radius 3 is 2.65 bits per heavy atom. The summed E-state index contributed by atoms with van der Waals surface area (Å²) in [5.74, 6) is -0.0406. The Morgan fingerprint density at radius 1 is 1.39 bits per heavy atom. The van der Waals surface area contributed by atoms with Gasteiger partial charge in [0.05, 0.1) is 29.2 Å². The highest BCUT2D eigenvalue weighted by atomic mass is 35.5. The van der Waals surface area contributed by atoms with Gasteiger partial charge in [0.25, 0.3) is 0 Å². The van der Waals surface area contributed by atoms with Gasteiger partial charge in [0.2, 0.25) is 15.9 Å². The monoisotopic (exact) mass is 364 g/mol. The Kier molecular flexibility index (Phi) is 7.77. The summed E-state index contributed by atoms with van der Waals surface area (Å²) in [6.45, 7) is 4.32. The number of amides is 1. The fourth-order valence-corrected chi connectivity index (χ4v) is 3.23. The first-order valence-electron chi connectivity index (χ1n) is 7.03. The lowest BCUT2D eigenvalue weighted by molar-refractivity contribution is -0.122. The van der Waals surface area contributed by atoms with Gasteiger partial charge in [-0.1, -0.05) is 11.6 Å². The van der Waals surface area contributed by atoms with Crippen LogP contribution in [0.25, 0.3) is 0 Å². The molecule has 130 valence electrons. The van der Waals surface area contributed by atoms with E-state index in [9.17, 15) is 13.2 Å². The molecule has 0 radical (unpaired) electrons. The SMILES string of the molecule is CCOc1ccc(S(=O)(=O)N[C@@H](C)C(=O)NCCOC)cc1Cl. The van der Waals surface area contributed by atoms with Gasteiger partial charge in [0.15, 0.2) is 0 Å². The highest BCUT2D eigenvalue weighted by Gasteiger charge is 2.22. The number of hydrogen-bond acceptors (Lipinski definition) is 5. The summed E-state index contributed by atoms with van der Waals surface area (Å²) in [4.78, 5) is 11.8. The van der Waals surface area contributed by atoms with Crippen molar-refractivity contribution in [3.8, 4) is 5.75 Å². The summed E-state index contributed by atoms with van der Waals surface area (Å²) in [5.41, 5.74) is 0. The average molecular weight is 365 g/mol. The van der Waals surface area contributed by atoms with E-state index in [1.807, 2.05) is 0 Å². The lowest BCUT2D eigenvalue weighted by Crippen LogP contribution is -2.45. The third-order valence-electron chi connectivity index (χ3n) is 2.84. The van der Waals surface area contributed by atoms with Crippen molar-refractivity contribution < 1.29 is 22.7 Å². The minimum Gasteiger partial charge on any atom is -0.492 e. The van der Waals surface area contributed by atoms with Crippen LogP contribution in [0, 0.1) is 0 Å². The molecule has 0 aromatic heterocycles. The molecule has 0 unspecified atom stereocenters. The fourth-order valence-electron chi connectivity index (χ4n) is 1.70. The van der Waals surface area contributed by atoms with Gasteiger partial charge in [0, 0.05) is 13.7 Å². The van der Waals surface area contributed by atoms with Gasteiger partial charge in [-0.05, 0) is 32.0 Å². The molecule has 1 rings (SSSR count). The molecule has 9 heteroatoms. The standard InChI is InChI=1S/C14H21ClN2O5S/c1-4-22-13-6-5-11(9-12(13)15)23(19,20)17-10(2)14(18)16-7-8-21-3/h5-6,9-10,17H,4,7-8H2,1-3H3,(H,16,18)/t10-/m0/s1. The Hall–Kier alpha value is -1.35. The molecule has 1 atom stereocenters. The number of methoxy groups -OCH3 is 1. The molecule has 1 aromatic carbocycles. The van der Waals surface area contributed by atoms with E-state index < -0.39 is 22.0 Å². The lowest BCUT2D eigenvalue weighted by atomic mass is 10.3. The van der Waals surface area contributed by atoms with Crippen molar-refractivity contribution >= 4 is 27.5 Å². The predicted molar refractivity (Wildman–Crippen MR) is 87.3 cm³/mol. The first kappa shape index (κ1) is 19.7. The van der Waals surface area contributed by atoms with Crippen LogP contribution in [0.1, 0.15) is 13.8 Å². The van der Waals surface area contributed by atoms with E-state index in [1.54, 1.807) is 6.92 Å². The zero-order chi connectivity index (χ0) is 17.5. The summed E-state index contributed by atoms with van der Waals surface area (Å²) < 4.78 is 36.9. The number of ether oxygens (including phenoxy) is 2. The number of nitrogens with one attached hydrogen (secondary N) is 2. The van der Waals surface area contributed by atoms with Crippen LogP contribution < -0.4 is 14.8 Å². The molecular weight excluding hydrogens is 344 g/mol. The van der Waals surface area contributed by atoms with E-state index in [0.717, 1.165) is 0 Å². The molecule has 1 amide bonds. The topological polar surface area (TPSA) is 93.7 Å². The van der Waals surface area contributed by atoms with E-state index in [0.29, 0.717) is 25.5 Å². The van der Waals surface area contributed by atoms with Crippen LogP contribution in [0.2, 0.25) is 5.02 Å². The Labute approximate surface area is 141 Å². The fraction of sp³-hybridized carbons (Fsp3) is 0.500. The summed E-state index contributed by atoms with van der Waals surface area (Å²) in [5, 5.41) is 2.74. The molecule has 7 nitrogen and oxygen atoms in total. The van der Waals surface area contributed by atoms with Crippen molar-refractivity contribution in [3.05, 3.63) is 23.2 Å². The van der Waals surface area contributed by atoms with Crippen molar-refractivity contribution in [1.82, 2.24) is 10.0 Å². The minimum absolute atomic E-state index is 0.0394. The van der Waals surface area contributed by atoms with Gasteiger partial charge in [-0.2, -0.15) is 4.72 Å². The predicted octanol–water partition coefficient (Wildman–Crippen LogP) is 1.17. The van der Waals surface area contributed by atoms with Crippen molar-refractivity contribution in [3.63, 3.8) is 0 Å². The molecule has 0 fully saturated rings. The van der Waals surface area contributed by atoms with E-state index in [4.69, 9.17) is 21.1 Å². The number of halogens is 1. The normalized spacial score (nSPS) is 12.7. The van der Waals surface area contributed by atoms with Crippen molar-refractivity contribution in [1.29, 1.82) is 0 Å². The van der Waals surface area contributed by atoms with Gasteiger partial charge < -0.3 is 14.8 Å². The number of sulfonamides is 1. The highest BCUT2D eigenvalue weighted by molar-refractivity contribution is 7.89. The van der Waals surface area contributed by atoms with Crippen LogP contribution in [0.3, 0.4) is 0 Å². The van der Waals surface area contributed by atoms with Crippen LogP contribution in [-0.4, -0.2) is 47.2 Å². The van der Waals surface area contributed by atoms with E-state index in [-0.39, 0.29) is 9.92 Å². The lowest BCUT2D eigenvalue weighted by Gasteiger charge is -2.15. The first-order valence-corrected chi connectivity index (χ1v) is 8.89. The van der Waals surface area contributed by atoms with Gasteiger partial charge in [-0.3, -0.25) is 4.79 Å². The van der Waals surface area contributed by atoms with E-state index in [1.165, 1.54) is 32.2 Å². The maximum absolute atomic E-state index is 12.3. The van der Waals surface area contributed by atoms with Crippen molar-refractivity contribution in [2.24, 2.45) is 0 Å². The smallest absolute Gasteiger partial charge is 0.241 e. The van der Waals surface area contributed by atoms with Gasteiger partial charge >= 0.3 is 0 Å². The molecule has 0 aliphatic heterocycles. The molecule has 0 aliphatic carbocycles. The summed E-state index contributed by atoms with van der Waals surface area (Å²) in [7, 11) is -2.36. The van der Waals surface area contributed by atoms with E-state index >= 15 is 0 Å². The van der Waals surface area contributed by atoms with Crippen LogP contribution in [0.5, 0.6) is 5.75 Å². The summed E-state index contributed by atoms with van der Waals surface area (Å²) in [6, 6.07) is 3.20. The molecular formula is C14H21ClN2O5S. The number of benzene rings is 1. The molecule has 2 N–H and O–H groups in total. The molecule has 0 bridgehead atoms. The summed E-state index contributed by atoms with van der Waals surface area (Å²) >= 11 is 5.99. The Bertz CT molecular complexity index is 636. The first-order chi connectivity index (χ1) is 10.8. The second-order valence-corrected chi connectivity index (χ2v) is 6.77.